The molecule has 0 heterocycles. The number of halogens is 4. The minimum Gasteiger partial charge on any atom is -0.381 e. The van der Waals surface area contributed by atoms with E-state index in [0.717, 1.165) is 12.1 Å². The normalized spacial score (nSPS) is 12.8. The fourth-order valence-corrected chi connectivity index (χ4v) is 2.61. The van der Waals surface area contributed by atoms with E-state index in [0.29, 0.717) is 18.9 Å². The van der Waals surface area contributed by atoms with Crippen LogP contribution in [-0.4, -0.2) is 20.0 Å². The largest absolute Gasteiger partial charge is 0.501 e. The predicted octanol–water partition coefficient (Wildman–Crippen LogP) is 3.72. The summed E-state index contributed by atoms with van der Waals surface area (Å²) in [4.78, 5) is -1.09. The van der Waals surface area contributed by atoms with Gasteiger partial charge in [0.2, 0.25) is 0 Å². The zero-order chi connectivity index (χ0) is 15.6. The zero-order valence-corrected chi connectivity index (χ0v) is 11.8. The molecule has 0 unspecified atom stereocenters. The molecule has 0 spiro atoms. The van der Waals surface area contributed by atoms with Crippen molar-refractivity contribution >= 4 is 15.5 Å². The lowest BCUT2D eigenvalue weighted by atomic mass is 10.1. The van der Waals surface area contributed by atoms with Crippen molar-refractivity contribution in [3.63, 3.8) is 0 Å². The quantitative estimate of drug-likeness (QED) is 0.843. The molecule has 20 heavy (non-hydrogen) atoms. The van der Waals surface area contributed by atoms with E-state index in [2.05, 4.69) is 5.32 Å². The second-order valence-electron chi connectivity index (χ2n) is 4.25. The van der Waals surface area contributed by atoms with Crippen molar-refractivity contribution in [2.24, 2.45) is 0 Å². The first kappa shape index (κ1) is 16.7. The fourth-order valence-electron chi connectivity index (χ4n) is 1.68. The first-order chi connectivity index (χ1) is 9.13. The summed E-state index contributed by atoms with van der Waals surface area (Å²) >= 11 is 0. The predicted molar refractivity (Wildman–Crippen MR) is 67.6 cm³/mol. The average molecular weight is 313 g/mol. The van der Waals surface area contributed by atoms with Crippen LogP contribution in [-0.2, 0) is 9.84 Å². The van der Waals surface area contributed by atoms with Crippen molar-refractivity contribution in [2.45, 2.75) is 43.1 Å². The molecule has 1 aromatic rings. The summed E-state index contributed by atoms with van der Waals surface area (Å²) in [5.41, 5.74) is -5.71. The Morgan fingerprint density at radius 2 is 1.75 bits per heavy atom. The Hall–Kier alpha value is -1.31. The van der Waals surface area contributed by atoms with Crippen LogP contribution in [0.2, 0.25) is 0 Å². The highest BCUT2D eigenvalue weighted by atomic mass is 32.2. The summed E-state index contributed by atoms with van der Waals surface area (Å²) < 4.78 is 73.8. The summed E-state index contributed by atoms with van der Waals surface area (Å²) in [6.45, 7) is 3.62. The van der Waals surface area contributed by atoms with Gasteiger partial charge in [-0.15, -0.1) is 0 Å². The van der Waals surface area contributed by atoms with Crippen LogP contribution in [0.25, 0.3) is 0 Å². The Morgan fingerprint density at radius 1 is 1.20 bits per heavy atom. The molecule has 0 aliphatic carbocycles. The molecule has 8 heteroatoms. The number of hydrogen-bond donors (Lipinski definition) is 1. The van der Waals surface area contributed by atoms with Gasteiger partial charge in [-0.3, -0.25) is 0 Å². The van der Waals surface area contributed by atoms with Gasteiger partial charge in [-0.05, 0) is 31.0 Å². The minimum atomic E-state index is -5.59. The van der Waals surface area contributed by atoms with E-state index in [1.54, 1.807) is 0 Å². The van der Waals surface area contributed by atoms with Crippen LogP contribution < -0.4 is 5.32 Å². The third-order valence-electron chi connectivity index (χ3n) is 2.88. The molecular weight excluding hydrogens is 298 g/mol. The topological polar surface area (TPSA) is 46.2 Å². The number of rotatable bonds is 5. The molecule has 0 radical (unpaired) electrons. The summed E-state index contributed by atoms with van der Waals surface area (Å²) in [6.07, 6.45) is 1.19. The molecular formula is C12H15F4NO2S. The summed E-state index contributed by atoms with van der Waals surface area (Å²) in [6, 6.07) is 2.11. The molecule has 0 bridgehead atoms. The molecule has 0 saturated heterocycles. The zero-order valence-electron chi connectivity index (χ0n) is 11.0. The first-order valence-corrected chi connectivity index (χ1v) is 7.49. The van der Waals surface area contributed by atoms with Crippen LogP contribution in [0.5, 0.6) is 0 Å². The van der Waals surface area contributed by atoms with Crippen molar-refractivity contribution < 1.29 is 26.0 Å². The second kappa shape index (κ2) is 5.99. The summed E-state index contributed by atoms with van der Waals surface area (Å²) in [5, 5.41) is 2.71. The number of benzene rings is 1. The Kier molecular flexibility index (Phi) is 5.01. The van der Waals surface area contributed by atoms with Gasteiger partial charge >= 0.3 is 5.51 Å². The molecule has 1 aromatic carbocycles. The molecule has 0 aliphatic heterocycles. The highest BCUT2D eigenvalue weighted by Crippen LogP contribution is 2.35. The maximum atomic E-state index is 13.1. The van der Waals surface area contributed by atoms with Gasteiger partial charge in [0.05, 0.1) is 5.69 Å². The molecule has 1 rings (SSSR count). The van der Waals surface area contributed by atoms with Gasteiger partial charge in [0.1, 0.15) is 10.7 Å². The van der Waals surface area contributed by atoms with Crippen molar-refractivity contribution in [1.82, 2.24) is 0 Å². The Morgan fingerprint density at radius 3 is 2.20 bits per heavy atom. The molecule has 0 amide bonds. The van der Waals surface area contributed by atoms with Gasteiger partial charge < -0.3 is 5.32 Å². The molecule has 1 N–H and O–H groups in total. The molecule has 0 aromatic heterocycles. The smallest absolute Gasteiger partial charge is 0.381 e. The monoisotopic (exact) mass is 313 g/mol. The van der Waals surface area contributed by atoms with E-state index in [1.807, 2.05) is 13.8 Å². The van der Waals surface area contributed by atoms with E-state index in [1.165, 1.54) is 0 Å². The Balaban J connectivity index is 3.35. The first-order valence-electron chi connectivity index (χ1n) is 6.00. The lowest BCUT2D eigenvalue weighted by Crippen LogP contribution is -2.26. The standard InChI is InChI=1S/C12H15F4NO2S/c1-3-9(4-2)17-10-6-5-8(13)7-11(10)20(18,19)12(14,15)16/h5-7,9,17H,3-4H2,1-2H3. The van der Waals surface area contributed by atoms with E-state index in [9.17, 15) is 26.0 Å². The Labute approximate surface area is 114 Å². The SMILES string of the molecule is CCC(CC)Nc1ccc(F)cc1S(=O)(=O)C(F)(F)F. The molecule has 114 valence electrons. The maximum absolute atomic E-state index is 13.1. The van der Waals surface area contributed by atoms with Crippen LogP contribution in [0, 0.1) is 5.82 Å². The van der Waals surface area contributed by atoms with Gasteiger partial charge in [-0.25, -0.2) is 12.8 Å². The van der Waals surface area contributed by atoms with Crippen LogP contribution in [0.3, 0.4) is 0 Å². The number of nitrogens with one attached hydrogen (secondary N) is 1. The van der Waals surface area contributed by atoms with E-state index < -0.39 is 26.1 Å². The molecule has 0 aliphatic rings. The van der Waals surface area contributed by atoms with Crippen LogP contribution in [0.15, 0.2) is 23.1 Å². The lowest BCUT2D eigenvalue weighted by molar-refractivity contribution is -0.0435. The van der Waals surface area contributed by atoms with E-state index >= 15 is 0 Å². The van der Waals surface area contributed by atoms with Gasteiger partial charge in [-0.1, -0.05) is 13.8 Å². The van der Waals surface area contributed by atoms with Gasteiger partial charge in [-0.2, -0.15) is 13.2 Å². The van der Waals surface area contributed by atoms with Crippen molar-refractivity contribution in [2.75, 3.05) is 5.32 Å². The number of hydrogen-bond acceptors (Lipinski definition) is 3. The minimum absolute atomic E-state index is 0.192. The Bertz CT molecular complexity index is 565. The van der Waals surface area contributed by atoms with Crippen LogP contribution in [0.4, 0.5) is 23.2 Å². The van der Waals surface area contributed by atoms with Crippen molar-refractivity contribution in [3.8, 4) is 0 Å². The van der Waals surface area contributed by atoms with Crippen molar-refractivity contribution in [1.29, 1.82) is 0 Å². The molecule has 0 saturated carbocycles. The number of sulfone groups is 1. The third kappa shape index (κ3) is 3.41. The van der Waals surface area contributed by atoms with E-state index in [4.69, 9.17) is 0 Å². The lowest BCUT2D eigenvalue weighted by Gasteiger charge is -2.19. The average Bonchev–Trinajstić information content (AvgIpc) is 2.35. The second-order valence-corrected chi connectivity index (χ2v) is 6.16. The van der Waals surface area contributed by atoms with E-state index in [-0.39, 0.29) is 11.7 Å². The van der Waals surface area contributed by atoms with Gasteiger partial charge in [0, 0.05) is 6.04 Å². The highest BCUT2D eigenvalue weighted by molar-refractivity contribution is 7.92. The third-order valence-corrected chi connectivity index (χ3v) is 4.41. The van der Waals surface area contributed by atoms with Gasteiger partial charge in [0.25, 0.3) is 9.84 Å². The van der Waals surface area contributed by atoms with Crippen molar-refractivity contribution in [3.05, 3.63) is 24.0 Å². The molecule has 0 fully saturated rings. The summed E-state index contributed by atoms with van der Waals surface area (Å²) in [7, 11) is -5.59. The summed E-state index contributed by atoms with van der Waals surface area (Å²) in [5.74, 6) is -1.04. The fraction of sp³-hybridized carbons (Fsp3) is 0.500. The van der Waals surface area contributed by atoms with Gasteiger partial charge in [0.15, 0.2) is 0 Å². The molecule has 3 nitrogen and oxygen atoms in total. The van der Waals surface area contributed by atoms with Crippen LogP contribution >= 0.6 is 0 Å². The highest BCUT2D eigenvalue weighted by Gasteiger charge is 2.48. The maximum Gasteiger partial charge on any atom is 0.501 e. The molecule has 0 atom stereocenters. The number of anilines is 1. The number of alkyl halides is 3. The van der Waals surface area contributed by atoms with Crippen LogP contribution in [0.1, 0.15) is 26.7 Å².